The van der Waals surface area contributed by atoms with Crippen LogP contribution in [0.5, 0.6) is 11.5 Å². The summed E-state index contributed by atoms with van der Waals surface area (Å²) >= 11 is 1.61. The van der Waals surface area contributed by atoms with E-state index in [9.17, 15) is 9.59 Å². The van der Waals surface area contributed by atoms with Gasteiger partial charge in [0.15, 0.2) is 11.5 Å². The lowest BCUT2D eigenvalue weighted by molar-refractivity contribution is -0.133. The fourth-order valence-electron chi connectivity index (χ4n) is 4.06. The number of ether oxygens (including phenoxy) is 3. The lowest BCUT2D eigenvalue weighted by Crippen LogP contribution is -2.43. The molecule has 1 aromatic heterocycles. The van der Waals surface area contributed by atoms with Crippen molar-refractivity contribution in [2.24, 2.45) is 0 Å². The molecule has 0 spiro atoms. The van der Waals surface area contributed by atoms with Crippen LogP contribution in [-0.2, 0) is 29.0 Å². The average molecular weight is 509 g/mol. The molecule has 0 saturated carbocycles. The summed E-state index contributed by atoms with van der Waals surface area (Å²) in [5.74, 6) is 1.13. The molecule has 0 atom stereocenters. The van der Waals surface area contributed by atoms with Crippen LogP contribution in [0.3, 0.4) is 0 Å². The Hall–Kier alpha value is -3.36. The van der Waals surface area contributed by atoms with E-state index in [0.29, 0.717) is 49.7 Å². The van der Waals surface area contributed by atoms with Gasteiger partial charge in [0, 0.05) is 37.2 Å². The Kier molecular flexibility index (Phi) is 8.97. The molecule has 4 rings (SSSR count). The fourth-order valence-corrected chi connectivity index (χ4v) is 4.78. The van der Waals surface area contributed by atoms with Crippen molar-refractivity contribution in [2.75, 3.05) is 33.6 Å². The van der Waals surface area contributed by atoms with Crippen molar-refractivity contribution in [3.05, 3.63) is 81.5 Å². The Bertz CT molecular complexity index is 1150. The second-order valence-corrected chi connectivity index (χ2v) is 9.67. The minimum atomic E-state index is -0.152. The van der Waals surface area contributed by atoms with E-state index < -0.39 is 0 Å². The molecule has 0 saturated heterocycles. The Labute approximate surface area is 216 Å². The molecule has 8 heteroatoms. The highest BCUT2D eigenvalue weighted by atomic mass is 32.1. The quantitative estimate of drug-likeness (QED) is 0.331. The van der Waals surface area contributed by atoms with E-state index in [4.69, 9.17) is 14.2 Å². The Morgan fingerprint density at radius 3 is 2.47 bits per heavy atom. The highest BCUT2D eigenvalue weighted by Crippen LogP contribution is 2.33. The van der Waals surface area contributed by atoms with Gasteiger partial charge in [0.05, 0.1) is 6.54 Å². The normalized spacial score (nSPS) is 11.9. The zero-order valence-electron chi connectivity index (χ0n) is 20.8. The highest BCUT2D eigenvalue weighted by Gasteiger charge is 2.24. The first kappa shape index (κ1) is 25.7. The number of rotatable bonds is 12. The fraction of sp³-hybridized carbons (Fsp3) is 0.357. The van der Waals surface area contributed by atoms with Crippen molar-refractivity contribution in [2.45, 2.75) is 32.9 Å². The number of amides is 2. The summed E-state index contributed by atoms with van der Waals surface area (Å²) in [4.78, 5) is 31.5. The Morgan fingerprint density at radius 1 is 0.972 bits per heavy atom. The molecule has 0 fully saturated rings. The minimum absolute atomic E-state index is 0.00595. The first-order valence-electron chi connectivity index (χ1n) is 12.1. The number of carbonyl (C=O) groups is 2. The lowest BCUT2D eigenvalue weighted by Gasteiger charge is -2.28. The van der Waals surface area contributed by atoms with Crippen molar-refractivity contribution in [3.63, 3.8) is 0 Å². The van der Waals surface area contributed by atoms with Gasteiger partial charge in [0.25, 0.3) is 5.91 Å². The van der Waals surface area contributed by atoms with Gasteiger partial charge in [-0.1, -0.05) is 31.2 Å². The van der Waals surface area contributed by atoms with Crippen LogP contribution < -0.4 is 9.47 Å². The van der Waals surface area contributed by atoms with Crippen LogP contribution in [0.1, 0.15) is 39.7 Å². The van der Waals surface area contributed by atoms with Gasteiger partial charge in [-0.3, -0.25) is 9.59 Å². The third-order valence-electron chi connectivity index (χ3n) is 6.09. The number of hydrogen-bond acceptors (Lipinski definition) is 6. The largest absolute Gasteiger partial charge is 0.454 e. The van der Waals surface area contributed by atoms with E-state index in [0.717, 1.165) is 16.9 Å². The molecular weight excluding hydrogens is 476 g/mol. The van der Waals surface area contributed by atoms with E-state index in [1.165, 1.54) is 5.56 Å². The summed E-state index contributed by atoms with van der Waals surface area (Å²) in [5.41, 5.74) is 2.69. The number of benzene rings is 2. The van der Waals surface area contributed by atoms with Crippen LogP contribution in [0.2, 0.25) is 0 Å². The maximum absolute atomic E-state index is 13.6. The van der Waals surface area contributed by atoms with E-state index in [1.807, 2.05) is 60.0 Å². The van der Waals surface area contributed by atoms with Crippen molar-refractivity contribution in [3.8, 4) is 11.5 Å². The molecule has 36 heavy (non-hydrogen) atoms. The molecule has 7 nitrogen and oxygen atoms in total. The molecule has 2 amide bonds. The van der Waals surface area contributed by atoms with Crippen LogP contribution in [0.25, 0.3) is 0 Å². The zero-order valence-corrected chi connectivity index (χ0v) is 21.6. The van der Waals surface area contributed by atoms with Crippen molar-refractivity contribution < 1.29 is 23.8 Å². The number of fused-ring (bicyclic) bond motifs is 1. The van der Waals surface area contributed by atoms with E-state index >= 15 is 0 Å². The van der Waals surface area contributed by atoms with Gasteiger partial charge in [-0.15, -0.1) is 11.3 Å². The summed E-state index contributed by atoms with van der Waals surface area (Å²) in [6, 6.07) is 17.3. The first-order chi connectivity index (χ1) is 17.6. The molecule has 3 aromatic rings. The molecule has 0 aliphatic carbocycles. The molecule has 0 radical (unpaired) electrons. The van der Waals surface area contributed by atoms with Gasteiger partial charge in [0.2, 0.25) is 12.7 Å². The van der Waals surface area contributed by atoms with Crippen molar-refractivity contribution >= 4 is 23.2 Å². The summed E-state index contributed by atoms with van der Waals surface area (Å²) in [5, 5.41) is 2.00. The molecule has 1 aliphatic heterocycles. The standard InChI is InChI=1S/C28H32N2O5S/c1-3-21-7-10-23(11-8-21)28(32)29(13-5-14-33-2)19-27(31)30(18-24-6-4-15-36-24)17-22-9-12-25-26(16-22)35-20-34-25/h4,6-12,15-16H,3,5,13-14,17-20H2,1-2H3. The van der Waals surface area contributed by atoms with Gasteiger partial charge < -0.3 is 24.0 Å². The molecular formula is C28H32N2O5S. The van der Waals surface area contributed by atoms with Crippen LogP contribution in [-0.4, -0.2) is 55.2 Å². The second kappa shape index (κ2) is 12.6. The predicted octanol–water partition coefficient (Wildman–Crippen LogP) is 4.75. The third-order valence-corrected chi connectivity index (χ3v) is 6.95. The van der Waals surface area contributed by atoms with E-state index in [1.54, 1.807) is 28.2 Å². The second-order valence-electron chi connectivity index (χ2n) is 8.64. The molecule has 190 valence electrons. The lowest BCUT2D eigenvalue weighted by atomic mass is 10.1. The number of aryl methyl sites for hydroxylation is 1. The summed E-state index contributed by atoms with van der Waals surface area (Å²) in [6.07, 6.45) is 1.55. The molecule has 2 heterocycles. The molecule has 0 unspecified atom stereocenters. The van der Waals surface area contributed by atoms with Gasteiger partial charge in [-0.05, 0) is 59.7 Å². The molecule has 0 bridgehead atoms. The smallest absolute Gasteiger partial charge is 0.254 e. The summed E-state index contributed by atoms with van der Waals surface area (Å²) < 4.78 is 16.1. The number of hydrogen-bond donors (Lipinski definition) is 0. The zero-order chi connectivity index (χ0) is 25.3. The third kappa shape index (κ3) is 6.65. The van der Waals surface area contributed by atoms with Crippen molar-refractivity contribution in [1.82, 2.24) is 9.80 Å². The van der Waals surface area contributed by atoms with Crippen LogP contribution >= 0.6 is 11.3 Å². The Morgan fingerprint density at radius 2 is 1.75 bits per heavy atom. The minimum Gasteiger partial charge on any atom is -0.454 e. The summed E-state index contributed by atoms with van der Waals surface area (Å²) in [7, 11) is 1.63. The van der Waals surface area contributed by atoms with Crippen LogP contribution in [0.4, 0.5) is 0 Å². The summed E-state index contributed by atoms with van der Waals surface area (Å²) in [6.45, 7) is 4.10. The first-order valence-corrected chi connectivity index (χ1v) is 13.0. The predicted molar refractivity (Wildman–Crippen MR) is 139 cm³/mol. The monoisotopic (exact) mass is 508 g/mol. The molecule has 2 aromatic carbocycles. The van der Waals surface area contributed by atoms with E-state index in [2.05, 4.69) is 6.92 Å². The van der Waals surface area contributed by atoms with Crippen LogP contribution in [0.15, 0.2) is 60.0 Å². The average Bonchev–Trinajstić information content (AvgIpc) is 3.59. The molecule has 0 N–H and O–H groups in total. The van der Waals surface area contributed by atoms with Gasteiger partial charge in [-0.2, -0.15) is 0 Å². The van der Waals surface area contributed by atoms with Gasteiger partial charge in [0.1, 0.15) is 6.54 Å². The highest BCUT2D eigenvalue weighted by molar-refractivity contribution is 7.09. The number of methoxy groups -OCH3 is 1. The van der Waals surface area contributed by atoms with Gasteiger partial charge >= 0.3 is 0 Å². The van der Waals surface area contributed by atoms with E-state index in [-0.39, 0.29) is 25.2 Å². The topological polar surface area (TPSA) is 68.3 Å². The molecule has 1 aliphatic rings. The SMILES string of the molecule is CCc1ccc(C(=O)N(CCCOC)CC(=O)N(Cc2ccc3c(c2)OCO3)Cc2cccs2)cc1. The van der Waals surface area contributed by atoms with Crippen molar-refractivity contribution in [1.29, 1.82) is 0 Å². The Balaban J connectivity index is 1.52. The number of nitrogens with zero attached hydrogens (tertiary/aromatic N) is 2. The van der Waals surface area contributed by atoms with Crippen LogP contribution in [0, 0.1) is 0 Å². The van der Waals surface area contributed by atoms with Gasteiger partial charge in [-0.25, -0.2) is 0 Å². The number of carbonyl (C=O) groups excluding carboxylic acids is 2. The maximum Gasteiger partial charge on any atom is 0.254 e. The maximum atomic E-state index is 13.6. The number of thiophene rings is 1.